The predicted molar refractivity (Wildman–Crippen MR) is 42.1 cm³/mol. The maximum atomic E-state index is 10.8. The van der Waals surface area contributed by atoms with E-state index >= 15 is 0 Å². The lowest BCUT2D eigenvalue weighted by Crippen LogP contribution is -2.42. The van der Waals surface area contributed by atoms with Crippen LogP contribution in [-0.2, 0) is 4.79 Å². The summed E-state index contributed by atoms with van der Waals surface area (Å²) in [6.07, 6.45) is 0.853. The molecule has 0 fully saturated rings. The molecular formula is C7H14N2O2. The minimum absolute atomic E-state index is 0.106. The van der Waals surface area contributed by atoms with Gasteiger partial charge in [0.05, 0.1) is 0 Å². The van der Waals surface area contributed by atoms with Crippen LogP contribution in [0.5, 0.6) is 0 Å². The number of urea groups is 1. The van der Waals surface area contributed by atoms with Crippen molar-refractivity contribution in [1.29, 1.82) is 0 Å². The van der Waals surface area contributed by atoms with Crippen LogP contribution in [0.3, 0.4) is 0 Å². The van der Waals surface area contributed by atoms with Crippen molar-refractivity contribution in [3.8, 4) is 0 Å². The van der Waals surface area contributed by atoms with Gasteiger partial charge in [0.25, 0.3) is 0 Å². The van der Waals surface area contributed by atoms with Gasteiger partial charge in [-0.15, -0.1) is 0 Å². The van der Waals surface area contributed by atoms with Gasteiger partial charge in [0.2, 0.25) is 5.91 Å². The second-order valence-corrected chi connectivity index (χ2v) is 2.46. The van der Waals surface area contributed by atoms with E-state index < -0.39 is 6.03 Å². The van der Waals surface area contributed by atoms with Gasteiger partial charge in [-0.05, 0) is 13.3 Å². The van der Waals surface area contributed by atoms with Crippen molar-refractivity contribution in [3.63, 3.8) is 0 Å². The highest BCUT2D eigenvalue weighted by Gasteiger charge is 2.04. The summed E-state index contributed by atoms with van der Waals surface area (Å²) in [5, 5.41) is 4.71. The number of carbonyl (C=O) groups is 2. The Bertz CT molecular complexity index is 157. The zero-order chi connectivity index (χ0) is 8.85. The maximum absolute atomic E-state index is 10.8. The summed E-state index contributed by atoms with van der Waals surface area (Å²) in [6.45, 7) is 5.13. The molecule has 0 saturated carbocycles. The molecule has 4 heteroatoms. The van der Waals surface area contributed by atoms with Gasteiger partial charge >= 0.3 is 6.03 Å². The molecule has 3 amide bonds. The Morgan fingerprint density at radius 3 is 2.36 bits per heavy atom. The van der Waals surface area contributed by atoms with Gasteiger partial charge in [-0.2, -0.15) is 0 Å². The van der Waals surface area contributed by atoms with Crippen molar-refractivity contribution in [1.82, 2.24) is 10.6 Å². The fraction of sp³-hybridized carbons (Fsp3) is 0.714. The Morgan fingerprint density at radius 1 is 1.45 bits per heavy atom. The van der Waals surface area contributed by atoms with E-state index in [4.69, 9.17) is 0 Å². The standard InChI is InChI=1S/C7H14N2O2/c1-4-5(2)8-7(11)9-6(3)10/h5H,4H2,1-3H3,(H2,8,9,10,11)/t5-/m0/s1. The van der Waals surface area contributed by atoms with E-state index in [1.54, 1.807) is 0 Å². The minimum Gasteiger partial charge on any atom is -0.335 e. The molecule has 4 nitrogen and oxygen atoms in total. The highest BCUT2D eigenvalue weighted by molar-refractivity contribution is 5.93. The monoisotopic (exact) mass is 158 g/mol. The normalized spacial score (nSPS) is 11.9. The maximum Gasteiger partial charge on any atom is 0.321 e. The lowest BCUT2D eigenvalue weighted by atomic mass is 10.3. The predicted octanol–water partition coefficient (Wildman–Crippen LogP) is 0.631. The summed E-state index contributed by atoms with van der Waals surface area (Å²) >= 11 is 0. The molecule has 1 atom stereocenters. The third kappa shape index (κ3) is 5.39. The van der Waals surface area contributed by atoms with E-state index in [0.717, 1.165) is 6.42 Å². The largest absolute Gasteiger partial charge is 0.335 e. The van der Waals surface area contributed by atoms with Crippen LogP contribution in [0, 0.1) is 0 Å². The summed E-state index contributed by atoms with van der Waals surface area (Å²) in [7, 11) is 0. The Hall–Kier alpha value is -1.06. The fourth-order valence-electron chi connectivity index (χ4n) is 0.522. The lowest BCUT2D eigenvalue weighted by molar-refractivity contribution is -0.117. The molecule has 0 radical (unpaired) electrons. The van der Waals surface area contributed by atoms with Gasteiger partial charge < -0.3 is 5.32 Å². The summed E-state index contributed by atoms with van der Waals surface area (Å²) in [5.41, 5.74) is 0. The van der Waals surface area contributed by atoms with Gasteiger partial charge in [0.1, 0.15) is 0 Å². The number of amides is 3. The van der Waals surface area contributed by atoms with E-state index in [9.17, 15) is 9.59 Å². The zero-order valence-corrected chi connectivity index (χ0v) is 7.10. The molecule has 0 saturated heterocycles. The van der Waals surface area contributed by atoms with Gasteiger partial charge in [-0.3, -0.25) is 10.1 Å². The fourth-order valence-corrected chi connectivity index (χ4v) is 0.522. The molecule has 0 aromatic rings. The highest BCUT2D eigenvalue weighted by Crippen LogP contribution is 1.86. The summed E-state index contributed by atoms with van der Waals surface area (Å²) < 4.78 is 0. The van der Waals surface area contributed by atoms with Crippen LogP contribution < -0.4 is 10.6 Å². The van der Waals surface area contributed by atoms with E-state index in [1.807, 2.05) is 13.8 Å². The molecule has 0 unspecified atom stereocenters. The van der Waals surface area contributed by atoms with Crippen molar-refractivity contribution in [2.45, 2.75) is 33.2 Å². The number of hydrogen-bond acceptors (Lipinski definition) is 2. The van der Waals surface area contributed by atoms with Crippen LogP contribution in [0.2, 0.25) is 0 Å². The number of imide groups is 1. The lowest BCUT2D eigenvalue weighted by Gasteiger charge is -2.10. The molecule has 0 bridgehead atoms. The van der Waals surface area contributed by atoms with Gasteiger partial charge in [0.15, 0.2) is 0 Å². The quantitative estimate of drug-likeness (QED) is 0.619. The van der Waals surface area contributed by atoms with Crippen molar-refractivity contribution < 1.29 is 9.59 Å². The van der Waals surface area contributed by atoms with Crippen molar-refractivity contribution in [2.75, 3.05) is 0 Å². The second-order valence-electron chi connectivity index (χ2n) is 2.46. The van der Waals surface area contributed by atoms with Crippen LogP contribution in [0.25, 0.3) is 0 Å². The average molecular weight is 158 g/mol. The van der Waals surface area contributed by atoms with E-state index in [-0.39, 0.29) is 11.9 Å². The Labute approximate surface area is 66.4 Å². The molecule has 0 spiro atoms. The molecule has 0 aliphatic heterocycles. The van der Waals surface area contributed by atoms with E-state index in [1.165, 1.54) is 6.92 Å². The Kier molecular flexibility index (Phi) is 4.26. The molecule has 0 aromatic heterocycles. The first-order chi connectivity index (χ1) is 5.06. The first kappa shape index (κ1) is 9.94. The van der Waals surface area contributed by atoms with Gasteiger partial charge in [0, 0.05) is 13.0 Å². The van der Waals surface area contributed by atoms with E-state index in [2.05, 4.69) is 10.6 Å². The Balaban J connectivity index is 3.60. The first-order valence-corrected chi connectivity index (χ1v) is 3.64. The third-order valence-corrected chi connectivity index (χ3v) is 1.28. The van der Waals surface area contributed by atoms with Crippen LogP contribution in [0.1, 0.15) is 27.2 Å². The van der Waals surface area contributed by atoms with Crippen LogP contribution >= 0.6 is 0 Å². The summed E-state index contributed by atoms with van der Waals surface area (Å²) in [5.74, 6) is -0.342. The zero-order valence-electron chi connectivity index (χ0n) is 7.10. The van der Waals surface area contributed by atoms with E-state index in [0.29, 0.717) is 0 Å². The SMILES string of the molecule is CC[C@H](C)NC(=O)NC(C)=O. The molecule has 0 heterocycles. The molecule has 2 N–H and O–H groups in total. The molecule has 0 aromatic carbocycles. The average Bonchev–Trinajstić information content (AvgIpc) is 1.85. The molecule has 64 valence electrons. The van der Waals surface area contributed by atoms with Crippen molar-refractivity contribution in [2.24, 2.45) is 0 Å². The number of hydrogen-bond donors (Lipinski definition) is 2. The summed E-state index contributed by atoms with van der Waals surface area (Å²) in [6, 6.07) is -0.318. The van der Waals surface area contributed by atoms with Gasteiger partial charge in [-0.25, -0.2) is 4.79 Å². The molecular weight excluding hydrogens is 144 g/mol. The third-order valence-electron chi connectivity index (χ3n) is 1.28. The minimum atomic E-state index is -0.424. The molecule has 0 aliphatic rings. The number of rotatable bonds is 2. The molecule has 0 aliphatic carbocycles. The topological polar surface area (TPSA) is 58.2 Å². The number of carbonyl (C=O) groups excluding carboxylic acids is 2. The summed E-state index contributed by atoms with van der Waals surface area (Å²) in [4.78, 5) is 21.1. The van der Waals surface area contributed by atoms with Crippen molar-refractivity contribution >= 4 is 11.9 Å². The van der Waals surface area contributed by atoms with Crippen LogP contribution in [0.4, 0.5) is 4.79 Å². The highest BCUT2D eigenvalue weighted by atomic mass is 16.2. The number of nitrogens with one attached hydrogen (secondary N) is 2. The Morgan fingerprint density at radius 2 is 2.00 bits per heavy atom. The second kappa shape index (κ2) is 4.71. The van der Waals surface area contributed by atoms with Crippen LogP contribution in [0.15, 0.2) is 0 Å². The smallest absolute Gasteiger partial charge is 0.321 e. The van der Waals surface area contributed by atoms with Crippen molar-refractivity contribution in [3.05, 3.63) is 0 Å². The molecule has 0 rings (SSSR count). The van der Waals surface area contributed by atoms with Gasteiger partial charge in [-0.1, -0.05) is 6.92 Å². The first-order valence-electron chi connectivity index (χ1n) is 3.64. The molecule has 11 heavy (non-hydrogen) atoms. The van der Waals surface area contributed by atoms with Crippen LogP contribution in [-0.4, -0.2) is 18.0 Å².